The summed E-state index contributed by atoms with van der Waals surface area (Å²) in [4.78, 5) is 14.4. The van der Waals surface area contributed by atoms with Gasteiger partial charge in [0, 0.05) is 19.6 Å². The van der Waals surface area contributed by atoms with Gasteiger partial charge in [-0.3, -0.25) is 4.79 Å². The Labute approximate surface area is 108 Å². The summed E-state index contributed by atoms with van der Waals surface area (Å²) in [6, 6.07) is 0. The van der Waals surface area contributed by atoms with E-state index < -0.39 is 0 Å². The minimum absolute atomic E-state index is 0. The molecule has 0 aromatic carbocycles. The molecule has 0 spiro atoms. The van der Waals surface area contributed by atoms with E-state index in [1.807, 2.05) is 4.90 Å². The normalized spacial score (nSPS) is 36.5. The van der Waals surface area contributed by atoms with Gasteiger partial charge in [-0.15, -0.1) is 12.4 Å². The van der Waals surface area contributed by atoms with Crippen molar-refractivity contribution in [1.29, 1.82) is 0 Å². The molecule has 0 bridgehead atoms. The maximum absolute atomic E-state index is 12.4. The van der Waals surface area contributed by atoms with Gasteiger partial charge in [-0.05, 0) is 31.2 Å². The van der Waals surface area contributed by atoms with Gasteiger partial charge in [-0.25, -0.2) is 0 Å². The summed E-state index contributed by atoms with van der Waals surface area (Å²) >= 11 is 0. The van der Waals surface area contributed by atoms with Crippen LogP contribution in [-0.2, 0) is 9.53 Å². The highest BCUT2D eigenvalue weighted by molar-refractivity contribution is 5.85. The molecule has 3 atom stereocenters. The zero-order valence-electron chi connectivity index (χ0n) is 10.1. The molecule has 1 amide bonds. The van der Waals surface area contributed by atoms with E-state index in [0.717, 1.165) is 32.8 Å². The largest absolute Gasteiger partial charge is 0.380 e. The lowest BCUT2D eigenvalue weighted by molar-refractivity contribution is -0.143. The number of ether oxygens (including phenoxy) is 1. The number of carbonyl (C=O) groups is 1. The second-order valence-corrected chi connectivity index (χ2v) is 5.26. The number of hydrogen-bond acceptors (Lipinski definition) is 3. The first-order valence-electron chi connectivity index (χ1n) is 6.43. The molecule has 4 nitrogen and oxygen atoms in total. The van der Waals surface area contributed by atoms with Crippen molar-refractivity contribution in [3.8, 4) is 0 Å². The first-order valence-corrected chi connectivity index (χ1v) is 6.43. The third-order valence-corrected chi connectivity index (χ3v) is 4.27. The van der Waals surface area contributed by atoms with Crippen molar-refractivity contribution in [2.24, 2.45) is 17.8 Å². The average Bonchev–Trinajstić information content (AvgIpc) is 2.98. The van der Waals surface area contributed by atoms with Gasteiger partial charge in [0.15, 0.2) is 0 Å². The number of nitrogens with one attached hydrogen (secondary N) is 1. The number of nitrogens with zero attached hydrogens (tertiary/aromatic N) is 1. The zero-order valence-corrected chi connectivity index (χ0v) is 10.9. The van der Waals surface area contributed by atoms with Crippen LogP contribution in [0.3, 0.4) is 0 Å². The Bertz CT molecular complexity index is 282. The SMILES string of the molecule is Cl.O=C([C@@H]1COC[C@H]2CNC[C@H]21)N1CCCC1. The van der Waals surface area contributed by atoms with Crippen molar-refractivity contribution in [2.75, 3.05) is 39.4 Å². The van der Waals surface area contributed by atoms with Crippen molar-refractivity contribution in [1.82, 2.24) is 10.2 Å². The van der Waals surface area contributed by atoms with Gasteiger partial charge >= 0.3 is 0 Å². The highest BCUT2D eigenvalue weighted by atomic mass is 35.5. The fourth-order valence-corrected chi connectivity index (χ4v) is 3.30. The smallest absolute Gasteiger partial charge is 0.228 e. The molecule has 3 saturated heterocycles. The van der Waals surface area contributed by atoms with E-state index in [1.165, 1.54) is 12.8 Å². The number of fused-ring (bicyclic) bond motifs is 1. The summed E-state index contributed by atoms with van der Waals surface area (Å²) in [7, 11) is 0. The number of halogens is 1. The van der Waals surface area contributed by atoms with Gasteiger partial charge in [0.25, 0.3) is 0 Å². The molecule has 0 unspecified atom stereocenters. The van der Waals surface area contributed by atoms with Crippen molar-refractivity contribution in [2.45, 2.75) is 12.8 Å². The predicted octanol–water partition coefficient (Wildman–Crippen LogP) is 0.513. The van der Waals surface area contributed by atoms with Crippen LogP contribution in [0.1, 0.15) is 12.8 Å². The van der Waals surface area contributed by atoms with Gasteiger partial charge < -0.3 is 15.0 Å². The standard InChI is InChI=1S/C12H20N2O2.ClH/c15-12(14-3-1-2-4-14)11-8-16-7-9-5-13-6-10(9)11;/h9-11,13H,1-8H2;1H/t9-,10-,11-;/m1./s1. The molecule has 5 heteroatoms. The van der Waals surface area contributed by atoms with Crippen LogP contribution < -0.4 is 5.32 Å². The van der Waals surface area contributed by atoms with E-state index >= 15 is 0 Å². The number of rotatable bonds is 1. The lowest BCUT2D eigenvalue weighted by Crippen LogP contribution is -2.45. The minimum Gasteiger partial charge on any atom is -0.380 e. The Kier molecular flexibility index (Phi) is 4.28. The van der Waals surface area contributed by atoms with Gasteiger partial charge in [0.2, 0.25) is 5.91 Å². The highest BCUT2D eigenvalue weighted by Crippen LogP contribution is 2.31. The molecule has 3 aliphatic heterocycles. The quantitative estimate of drug-likeness (QED) is 0.747. The number of likely N-dealkylation sites (tertiary alicyclic amines) is 1. The highest BCUT2D eigenvalue weighted by Gasteiger charge is 2.42. The van der Waals surface area contributed by atoms with Crippen molar-refractivity contribution in [3.63, 3.8) is 0 Å². The van der Waals surface area contributed by atoms with E-state index in [9.17, 15) is 4.79 Å². The first kappa shape index (κ1) is 13.1. The molecule has 0 saturated carbocycles. The number of hydrogen-bond donors (Lipinski definition) is 1. The topological polar surface area (TPSA) is 41.6 Å². The molecule has 0 radical (unpaired) electrons. The second-order valence-electron chi connectivity index (χ2n) is 5.26. The molecule has 3 heterocycles. The van der Waals surface area contributed by atoms with E-state index in [4.69, 9.17) is 4.74 Å². The van der Waals surface area contributed by atoms with Gasteiger partial charge in [-0.1, -0.05) is 0 Å². The monoisotopic (exact) mass is 260 g/mol. The summed E-state index contributed by atoms with van der Waals surface area (Å²) in [5, 5.41) is 3.39. The molecular weight excluding hydrogens is 240 g/mol. The molecule has 0 aliphatic carbocycles. The molecule has 1 N–H and O–H groups in total. The van der Waals surface area contributed by atoms with Crippen LogP contribution in [0.4, 0.5) is 0 Å². The Balaban J connectivity index is 0.00000108. The van der Waals surface area contributed by atoms with Crippen molar-refractivity contribution < 1.29 is 9.53 Å². The minimum atomic E-state index is 0. The number of carbonyl (C=O) groups excluding carboxylic acids is 1. The molecule has 17 heavy (non-hydrogen) atoms. The maximum atomic E-state index is 12.4. The number of amides is 1. The van der Waals surface area contributed by atoms with Gasteiger partial charge in [0.05, 0.1) is 19.1 Å². The lowest BCUT2D eigenvalue weighted by atomic mass is 9.82. The lowest BCUT2D eigenvalue weighted by Gasteiger charge is -2.34. The van der Waals surface area contributed by atoms with Crippen LogP contribution in [0.2, 0.25) is 0 Å². The van der Waals surface area contributed by atoms with Crippen LogP contribution in [-0.4, -0.2) is 50.2 Å². The maximum Gasteiger partial charge on any atom is 0.228 e. The van der Waals surface area contributed by atoms with Crippen molar-refractivity contribution in [3.05, 3.63) is 0 Å². The van der Waals surface area contributed by atoms with Crippen LogP contribution in [0.25, 0.3) is 0 Å². The third kappa shape index (κ3) is 2.44. The fraction of sp³-hybridized carbons (Fsp3) is 0.917. The summed E-state index contributed by atoms with van der Waals surface area (Å²) in [6.45, 7) is 5.41. The van der Waals surface area contributed by atoms with E-state index in [2.05, 4.69) is 5.32 Å². The third-order valence-electron chi connectivity index (χ3n) is 4.27. The molecule has 3 rings (SSSR count). The van der Waals surface area contributed by atoms with Crippen LogP contribution in [0.15, 0.2) is 0 Å². The van der Waals surface area contributed by atoms with Gasteiger partial charge in [-0.2, -0.15) is 0 Å². The molecule has 3 aliphatic rings. The Morgan fingerprint density at radius 2 is 1.94 bits per heavy atom. The first-order chi connectivity index (χ1) is 7.86. The van der Waals surface area contributed by atoms with Crippen molar-refractivity contribution >= 4 is 18.3 Å². The van der Waals surface area contributed by atoms with E-state index in [0.29, 0.717) is 24.3 Å². The molecule has 0 aromatic rings. The zero-order chi connectivity index (χ0) is 11.0. The second kappa shape index (κ2) is 5.55. The van der Waals surface area contributed by atoms with E-state index in [-0.39, 0.29) is 18.3 Å². The molecule has 3 fully saturated rings. The summed E-state index contributed by atoms with van der Waals surface area (Å²) in [6.07, 6.45) is 2.34. The van der Waals surface area contributed by atoms with Crippen LogP contribution in [0, 0.1) is 17.8 Å². The Morgan fingerprint density at radius 3 is 2.71 bits per heavy atom. The van der Waals surface area contributed by atoms with E-state index in [1.54, 1.807) is 0 Å². The summed E-state index contributed by atoms with van der Waals surface area (Å²) < 4.78 is 5.59. The molecule has 0 aromatic heterocycles. The molecular formula is C12H21ClN2O2. The van der Waals surface area contributed by atoms with Gasteiger partial charge in [0.1, 0.15) is 0 Å². The van der Waals surface area contributed by atoms with Crippen LogP contribution >= 0.6 is 12.4 Å². The average molecular weight is 261 g/mol. The summed E-state index contributed by atoms with van der Waals surface area (Å²) in [5.74, 6) is 1.54. The Hall–Kier alpha value is -0.320. The summed E-state index contributed by atoms with van der Waals surface area (Å²) in [5.41, 5.74) is 0. The van der Waals surface area contributed by atoms with Crippen LogP contribution in [0.5, 0.6) is 0 Å². The molecule has 98 valence electrons. The fourth-order valence-electron chi connectivity index (χ4n) is 3.30. The predicted molar refractivity (Wildman–Crippen MR) is 67.2 cm³/mol. The Morgan fingerprint density at radius 1 is 1.18 bits per heavy atom.